The van der Waals surface area contributed by atoms with E-state index >= 15 is 0 Å². The zero-order valence-electron chi connectivity index (χ0n) is 21.5. The molecule has 0 saturated carbocycles. The minimum Gasteiger partial charge on any atom is -0.490 e. The standard InChI is InChI=1S/C26H33BrN4O5/c1-7-18(6)29-25(33)26(34)31-28-13-19-11-20(27)24(21(12-19)35-8-2)36-14-22(32)30-23-16(4)9-15(3)10-17(23)5/h9-13,18H,7-8,14H2,1-6H3,(H,29,33)(H,30,32)(H,31,34)/b28-13-/t18-/m1/s1. The fourth-order valence-electron chi connectivity index (χ4n) is 3.36. The summed E-state index contributed by atoms with van der Waals surface area (Å²) in [6.07, 6.45) is 2.08. The third kappa shape index (κ3) is 8.37. The Morgan fingerprint density at radius 2 is 1.69 bits per heavy atom. The fourth-order valence-corrected chi connectivity index (χ4v) is 3.94. The van der Waals surface area contributed by atoms with E-state index in [4.69, 9.17) is 9.47 Å². The molecule has 1 atom stereocenters. The number of hydrogen-bond acceptors (Lipinski definition) is 6. The first-order valence-corrected chi connectivity index (χ1v) is 12.5. The summed E-state index contributed by atoms with van der Waals surface area (Å²) in [6, 6.07) is 7.25. The van der Waals surface area contributed by atoms with E-state index in [9.17, 15) is 14.4 Å². The highest BCUT2D eigenvalue weighted by Gasteiger charge is 2.16. The highest BCUT2D eigenvalue weighted by atomic mass is 79.9. The predicted octanol–water partition coefficient (Wildman–Crippen LogP) is 4.16. The van der Waals surface area contributed by atoms with Gasteiger partial charge in [0.15, 0.2) is 18.1 Å². The van der Waals surface area contributed by atoms with Gasteiger partial charge in [-0.3, -0.25) is 14.4 Å². The number of rotatable bonds is 10. The summed E-state index contributed by atoms with van der Waals surface area (Å²) in [4.78, 5) is 36.3. The molecule has 2 rings (SSSR count). The van der Waals surface area contributed by atoms with E-state index in [1.165, 1.54) is 6.21 Å². The second-order valence-electron chi connectivity index (χ2n) is 8.36. The number of nitrogens with one attached hydrogen (secondary N) is 3. The van der Waals surface area contributed by atoms with Crippen LogP contribution in [0.15, 0.2) is 33.8 Å². The number of anilines is 1. The lowest BCUT2D eigenvalue weighted by molar-refractivity contribution is -0.139. The van der Waals surface area contributed by atoms with Gasteiger partial charge in [0.25, 0.3) is 5.91 Å². The van der Waals surface area contributed by atoms with Crippen LogP contribution < -0.4 is 25.5 Å². The average Bonchev–Trinajstić information content (AvgIpc) is 2.80. The predicted molar refractivity (Wildman–Crippen MR) is 144 cm³/mol. The molecule has 0 spiro atoms. The van der Waals surface area contributed by atoms with Gasteiger partial charge in [0.1, 0.15) is 0 Å². The number of nitrogens with zero attached hydrogens (tertiary/aromatic N) is 1. The van der Waals surface area contributed by atoms with Crippen molar-refractivity contribution >= 4 is 45.6 Å². The van der Waals surface area contributed by atoms with E-state index in [1.807, 2.05) is 46.8 Å². The Bertz CT molecular complexity index is 1130. The van der Waals surface area contributed by atoms with Crippen LogP contribution in [0.4, 0.5) is 5.69 Å². The van der Waals surface area contributed by atoms with Crippen LogP contribution in [-0.2, 0) is 14.4 Å². The topological polar surface area (TPSA) is 118 Å². The molecule has 0 aliphatic heterocycles. The van der Waals surface area contributed by atoms with Gasteiger partial charge in [0.2, 0.25) is 0 Å². The van der Waals surface area contributed by atoms with E-state index in [1.54, 1.807) is 19.1 Å². The van der Waals surface area contributed by atoms with Crippen molar-refractivity contribution in [2.24, 2.45) is 5.10 Å². The number of hydrazone groups is 1. The molecule has 36 heavy (non-hydrogen) atoms. The molecule has 2 aromatic carbocycles. The van der Waals surface area contributed by atoms with Crippen molar-refractivity contribution in [3.05, 3.63) is 51.0 Å². The van der Waals surface area contributed by atoms with Gasteiger partial charge in [-0.15, -0.1) is 0 Å². The summed E-state index contributed by atoms with van der Waals surface area (Å²) in [5.41, 5.74) is 6.63. The zero-order chi connectivity index (χ0) is 26.8. The van der Waals surface area contributed by atoms with Crippen LogP contribution >= 0.6 is 15.9 Å². The third-order valence-electron chi connectivity index (χ3n) is 5.20. The molecule has 2 aromatic rings. The van der Waals surface area contributed by atoms with Gasteiger partial charge in [0.05, 0.1) is 17.3 Å². The van der Waals surface area contributed by atoms with Gasteiger partial charge in [-0.2, -0.15) is 5.10 Å². The molecular weight excluding hydrogens is 528 g/mol. The number of carbonyl (C=O) groups excluding carboxylic acids is 3. The first-order valence-electron chi connectivity index (χ1n) is 11.7. The number of ether oxygens (including phenoxy) is 2. The van der Waals surface area contributed by atoms with Gasteiger partial charge in [0, 0.05) is 11.7 Å². The van der Waals surface area contributed by atoms with Crippen molar-refractivity contribution in [3.63, 3.8) is 0 Å². The molecule has 0 aromatic heterocycles. The van der Waals surface area contributed by atoms with Crippen molar-refractivity contribution in [2.75, 3.05) is 18.5 Å². The van der Waals surface area contributed by atoms with Crippen LogP contribution in [0.1, 0.15) is 49.4 Å². The molecule has 3 amide bonds. The van der Waals surface area contributed by atoms with Gasteiger partial charge >= 0.3 is 11.8 Å². The second-order valence-corrected chi connectivity index (χ2v) is 9.21. The number of hydrogen-bond donors (Lipinski definition) is 3. The van der Waals surface area contributed by atoms with Crippen LogP contribution in [0.5, 0.6) is 11.5 Å². The summed E-state index contributed by atoms with van der Waals surface area (Å²) in [6.45, 7) is 11.6. The van der Waals surface area contributed by atoms with Crippen LogP contribution in [0.25, 0.3) is 0 Å². The Hall–Kier alpha value is -3.40. The molecule has 3 N–H and O–H groups in total. The molecule has 0 bridgehead atoms. The number of benzene rings is 2. The van der Waals surface area contributed by atoms with E-state index in [-0.39, 0.29) is 18.6 Å². The number of amides is 3. The lowest BCUT2D eigenvalue weighted by Crippen LogP contribution is -2.41. The second kappa shape index (κ2) is 13.6. The molecule has 0 aliphatic carbocycles. The van der Waals surface area contributed by atoms with Crippen molar-refractivity contribution < 1.29 is 23.9 Å². The molecule has 9 nitrogen and oxygen atoms in total. The van der Waals surface area contributed by atoms with Crippen LogP contribution in [0, 0.1) is 20.8 Å². The molecular formula is C26H33BrN4O5. The Balaban J connectivity index is 2.08. The van der Waals surface area contributed by atoms with E-state index < -0.39 is 11.8 Å². The lowest BCUT2D eigenvalue weighted by Gasteiger charge is -2.16. The Kier molecular flexibility index (Phi) is 10.9. The van der Waals surface area contributed by atoms with Crippen molar-refractivity contribution in [1.29, 1.82) is 0 Å². The van der Waals surface area contributed by atoms with E-state index in [0.29, 0.717) is 34.6 Å². The molecule has 194 valence electrons. The number of aryl methyl sites for hydroxylation is 3. The van der Waals surface area contributed by atoms with Crippen molar-refractivity contribution in [2.45, 2.75) is 54.0 Å². The van der Waals surface area contributed by atoms with Gasteiger partial charge in [-0.05, 0) is 85.8 Å². The molecule has 10 heteroatoms. The van der Waals surface area contributed by atoms with Crippen LogP contribution in [0.2, 0.25) is 0 Å². The monoisotopic (exact) mass is 560 g/mol. The number of carbonyl (C=O) groups is 3. The quantitative estimate of drug-likeness (QED) is 0.229. The van der Waals surface area contributed by atoms with Crippen LogP contribution in [0.3, 0.4) is 0 Å². The molecule has 0 saturated heterocycles. The first-order chi connectivity index (χ1) is 17.0. The van der Waals surface area contributed by atoms with Gasteiger partial charge in [-0.1, -0.05) is 24.6 Å². The third-order valence-corrected chi connectivity index (χ3v) is 5.79. The Morgan fingerprint density at radius 3 is 2.31 bits per heavy atom. The molecule has 0 heterocycles. The molecule has 0 unspecified atom stereocenters. The fraction of sp³-hybridized carbons (Fsp3) is 0.385. The van der Waals surface area contributed by atoms with Crippen molar-refractivity contribution in [1.82, 2.24) is 10.7 Å². The summed E-state index contributed by atoms with van der Waals surface area (Å²) >= 11 is 3.45. The first kappa shape index (κ1) is 28.8. The average molecular weight is 561 g/mol. The molecule has 0 fully saturated rings. The van der Waals surface area contributed by atoms with Crippen molar-refractivity contribution in [3.8, 4) is 11.5 Å². The minimum atomic E-state index is -0.860. The maximum atomic E-state index is 12.6. The normalized spacial score (nSPS) is 11.6. The minimum absolute atomic E-state index is 0.114. The lowest BCUT2D eigenvalue weighted by atomic mass is 10.1. The Labute approximate surface area is 220 Å². The van der Waals surface area contributed by atoms with E-state index in [0.717, 1.165) is 22.4 Å². The largest absolute Gasteiger partial charge is 0.490 e. The maximum absolute atomic E-state index is 12.6. The maximum Gasteiger partial charge on any atom is 0.329 e. The van der Waals surface area contributed by atoms with Crippen LogP contribution in [-0.4, -0.2) is 43.2 Å². The Morgan fingerprint density at radius 1 is 1.03 bits per heavy atom. The summed E-state index contributed by atoms with van der Waals surface area (Å²) < 4.78 is 12.0. The molecule has 0 radical (unpaired) electrons. The summed E-state index contributed by atoms with van der Waals surface area (Å²) in [5, 5.41) is 9.32. The SMILES string of the molecule is CCOc1cc(/C=N\NC(=O)C(=O)N[C@H](C)CC)cc(Br)c1OCC(=O)Nc1c(C)cc(C)cc1C. The summed E-state index contributed by atoms with van der Waals surface area (Å²) in [5.74, 6) is -1.16. The van der Waals surface area contributed by atoms with Gasteiger partial charge in [-0.25, -0.2) is 5.43 Å². The molecule has 0 aliphatic rings. The van der Waals surface area contributed by atoms with E-state index in [2.05, 4.69) is 37.1 Å². The number of halogens is 1. The van der Waals surface area contributed by atoms with Gasteiger partial charge < -0.3 is 20.1 Å². The smallest absolute Gasteiger partial charge is 0.329 e. The zero-order valence-corrected chi connectivity index (χ0v) is 23.0. The highest BCUT2D eigenvalue weighted by molar-refractivity contribution is 9.10. The summed E-state index contributed by atoms with van der Waals surface area (Å²) in [7, 11) is 0. The highest BCUT2D eigenvalue weighted by Crippen LogP contribution is 2.36.